The number of carbonyl (C=O) groups is 2. The summed E-state index contributed by atoms with van der Waals surface area (Å²) >= 11 is 0. The van der Waals surface area contributed by atoms with E-state index in [1.54, 1.807) is 24.3 Å². The molecule has 0 aliphatic carbocycles. The highest BCUT2D eigenvalue weighted by Gasteiger charge is 2.12. The van der Waals surface area contributed by atoms with Crippen LogP contribution in [-0.4, -0.2) is 32.7 Å². The number of hydrogen-bond acceptors (Lipinski definition) is 5. The molecule has 1 atom stereocenters. The van der Waals surface area contributed by atoms with Crippen LogP contribution in [0.2, 0.25) is 0 Å². The van der Waals surface area contributed by atoms with E-state index in [0.29, 0.717) is 11.5 Å². The van der Waals surface area contributed by atoms with Gasteiger partial charge in [-0.05, 0) is 48.2 Å². The molecule has 0 saturated carbocycles. The fourth-order valence-corrected chi connectivity index (χ4v) is 2.69. The predicted octanol–water partition coefficient (Wildman–Crippen LogP) is 3.70. The topological polar surface area (TPSA) is 73.9 Å². The minimum Gasteiger partial charge on any atom is -0.493 e. The monoisotopic (exact) mass is 397 g/mol. The third-order valence-corrected chi connectivity index (χ3v) is 4.42. The van der Waals surface area contributed by atoms with E-state index in [1.807, 2.05) is 19.1 Å². The highest BCUT2D eigenvalue weighted by molar-refractivity contribution is 5.87. The summed E-state index contributed by atoms with van der Waals surface area (Å²) in [5.74, 6) is 0.235. The summed E-state index contributed by atoms with van der Waals surface area (Å²) in [5, 5.41) is 2.92. The van der Waals surface area contributed by atoms with Crippen LogP contribution in [0.4, 0.5) is 0 Å². The van der Waals surface area contributed by atoms with Crippen molar-refractivity contribution in [1.82, 2.24) is 5.32 Å². The Bertz CT molecular complexity index is 858. The lowest BCUT2D eigenvalue weighted by atomic mass is 10.1. The predicted molar refractivity (Wildman–Crippen MR) is 112 cm³/mol. The number of esters is 1. The second kappa shape index (κ2) is 10.9. The summed E-state index contributed by atoms with van der Waals surface area (Å²) < 4.78 is 15.5. The van der Waals surface area contributed by atoms with Gasteiger partial charge in [-0.3, -0.25) is 4.79 Å². The average molecular weight is 397 g/mol. The molecule has 0 radical (unpaired) electrons. The van der Waals surface area contributed by atoms with E-state index in [9.17, 15) is 9.59 Å². The van der Waals surface area contributed by atoms with Gasteiger partial charge in [-0.15, -0.1) is 0 Å². The van der Waals surface area contributed by atoms with Crippen molar-refractivity contribution in [1.29, 1.82) is 0 Å². The molecule has 6 heteroatoms. The van der Waals surface area contributed by atoms with Crippen LogP contribution >= 0.6 is 0 Å². The van der Waals surface area contributed by atoms with Crippen LogP contribution in [0.1, 0.15) is 36.6 Å². The fraction of sp³-hybridized carbons (Fsp3) is 0.304. The summed E-state index contributed by atoms with van der Waals surface area (Å²) in [6.07, 6.45) is 3.90. The van der Waals surface area contributed by atoms with Crippen LogP contribution in [0.5, 0.6) is 11.5 Å². The first kappa shape index (κ1) is 22.0. The van der Waals surface area contributed by atoms with Gasteiger partial charge in [-0.1, -0.05) is 37.3 Å². The molecule has 2 aromatic carbocycles. The SMILES string of the molecule is CCc1ccc(C(C)NC(=O)COc2ccc(/C=C/C(=O)OC)cc2OC)cc1. The summed E-state index contributed by atoms with van der Waals surface area (Å²) in [6.45, 7) is 3.90. The first-order valence-electron chi connectivity index (χ1n) is 9.41. The fourth-order valence-electron chi connectivity index (χ4n) is 2.69. The zero-order valence-electron chi connectivity index (χ0n) is 17.2. The Kier molecular flexibility index (Phi) is 8.27. The Morgan fingerprint density at radius 2 is 1.79 bits per heavy atom. The van der Waals surface area contributed by atoms with Gasteiger partial charge in [0.2, 0.25) is 0 Å². The molecule has 0 aliphatic heterocycles. The lowest BCUT2D eigenvalue weighted by Gasteiger charge is -2.16. The van der Waals surface area contributed by atoms with Gasteiger partial charge in [0.15, 0.2) is 18.1 Å². The van der Waals surface area contributed by atoms with Crippen molar-refractivity contribution in [3.63, 3.8) is 0 Å². The molecule has 0 fully saturated rings. The number of rotatable bonds is 9. The molecule has 0 spiro atoms. The molecule has 29 heavy (non-hydrogen) atoms. The van der Waals surface area contributed by atoms with E-state index < -0.39 is 5.97 Å². The molecule has 0 aliphatic rings. The number of hydrogen-bond donors (Lipinski definition) is 1. The van der Waals surface area contributed by atoms with Crippen LogP contribution in [0, 0.1) is 0 Å². The van der Waals surface area contributed by atoms with Crippen molar-refractivity contribution in [2.45, 2.75) is 26.3 Å². The minimum atomic E-state index is -0.445. The van der Waals surface area contributed by atoms with Gasteiger partial charge >= 0.3 is 5.97 Å². The standard InChI is InChI=1S/C23H27NO5/c1-5-17-6-10-19(11-7-17)16(2)24-22(25)15-29-20-12-8-18(14-21(20)27-3)9-13-23(26)28-4/h6-14,16H,5,15H2,1-4H3,(H,24,25)/b13-9+. The number of benzene rings is 2. The molecule has 6 nitrogen and oxygen atoms in total. The third kappa shape index (κ3) is 6.68. The third-order valence-electron chi connectivity index (χ3n) is 4.42. The van der Waals surface area contributed by atoms with Crippen LogP contribution in [0.25, 0.3) is 6.08 Å². The highest BCUT2D eigenvalue weighted by atomic mass is 16.5. The Balaban J connectivity index is 1.94. The number of methoxy groups -OCH3 is 2. The molecule has 1 N–H and O–H groups in total. The summed E-state index contributed by atoms with van der Waals surface area (Å²) in [5.41, 5.74) is 3.04. The van der Waals surface area contributed by atoms with Crippen molar-refractivity contribution in [3.8, 4) is 11.5 Å². The van der Waals surface area contributed by atoms with Crippen molar-refractivity contribution in [3.05, 3.63) is 65.2 Å². The molecule has 1 unspecified atom stereocenters. The van der Waals surface area contributed by atoms with E-state index in [2.05, 4.69) is 29.1 Å². The number of nitrogens with one attached hydrogen (secondary N) is 1. The second-order valence-corrected chi connectivity index (χ2v) is 6.44. The molecular formula is C23H27NO5. The second-order valence-electron chi connectivity index (χ2n) is 6.44. The molecule has 0 aromatic heterocycles. The Morgan fingerprint density at radius 3 is 2.41 bits per heavy atom. The van der Waals surface area contributed by atoms with Crippen molar-refractivity contribution >= 4 is 18.0 Å². The van der Waals surface area contributed by atoms with Gasteiger partial charge in [0.05, 0.1) is 20.3 Å². The highest BCUT2D eigenvalue weighted by Crippen LogP contribution is 2.28. The maximum Gasteiger partial charge on any atom is 0.330 e. The van der Waals surface area contributed by atoms with Crippen LogP contribution < -0.4 is 14.8 Å². The van der Waals surface area contributed by atoms with Gasteiger partial charge in [-0.25, -0.2) is 4.79 Å². The Labute approximate surface area is 171 Å². The van der Waals surface area contributed by atoms with Crippen molar-refractivity contribution in [2.24, 2.45) is 0 Å². The molecule has 2 aromatic rings. The van der Waals surface area contributed by atoms with E-state index in [4.69, 9.17) is 9.47 Å². The lowest BCUT2D eigenvalue weighted by molar-refractivity contribution is -0.134. The van der Waals surface area contributed by atoms with Gasteiger partial charge in [-0.2, -0.15) is 0 Å². The lowest BCUT2D eigenvalue weighted by Crippen LogP contribution is -2.31. The molecule has 0 saturated heterocycles. The number of carbonyl (C=O) groups excluding carboxylic acids is 2. The Hall–Kier alpha value is -3.28. The van der Waals surface area contributed by atoms with Crippen molar-refractivity contribution < 1.29 is 23.8 Å². The molecule has 0 heterocycles. The van der Waals surface area contributed by atoms with Crippen LogP contribution in [-0.2, 0) is 20.7 Å². The maximum atomic E-state index is 12.3. The van der Waals surface area contributed by atoms with Gasteiger partial charge in [0.1, 0.15) is 0 Å². The first-order chi connectivity index (χ1) is 14.0. The zero-order chi connectivity index (χ0) is 21.2. The van der Waals surface area contributed by atoms with E-state index in [0.717, 1.165) is 17.5 Å². The number of amides is 1. The number of ether oxygens (including phenoxy) is 3. The zero-order valence-corrected chi connectivity index (χ0v) is 17.2. The first-order valence-corrected chi connectivity index (χ1v) is 9.41. The average Bonchev–Trinajstić information content (AvgIpc) is 2.76. The quantitative estimate of drug-likeness (QED) is 0.516. The van der Waals surface area contributed by atoms with Gasteiger partial charge in [0, 0.05) is 6.08 Å². The van der Waals surface area contributed by atoms with E-state index in [1.165, 1.54) is 25.9 Å². The summed E-state index contributed by atoms with van der Waals surface area (Å²) in [4.78, 5) is 23.5. The minimum absolute atomic E-state index is 0.121. The smallest absolute Gasteiger partial charge is 0.330 e. The van der Waals surface area contributed by atoms with Gasteiger partial charge < -0.3 is 19.5 Å². The van der Waals surface area contributed by atoms with E-state index in [-0.39, 0.29) is 18.6 Å². The maximum absolute atomic E-state index is 12.3. The van der Waals surface area contributed by atoms with Crippen LogP contribution in [0.15, 0.2) is 48.5 Å². The largest absolute Gasteiger partial charge is 0.493 e. The van der Waals surface area contributed by atoms with Crippen LogP contribution in [0.3, 0.4) is 0 Å². The molecule has 1 amide bonds. The summed E-state index contributed by atoms with van der Waals surface area (Å²) in [7, 11) is 2.83. The van der Waals surface area contributed by atoms with Gasteiger partial charge in [0.25, 0.3) is 5.91 Å². The molecule has 0 bridgehead atoms. The molecule has 2 rings (SSSR count). The Morgan fingerprint density at radius 1 is 1.07 bits per heavy atom. The summed E-state index contributed by atoms with van der Waals surface area (Å²) in [6, 6.07) is 13.2. The van der Waals surface area contributed by atoms with Crippen molar-refractivity contribution in [2.75, 3.05) is 20.8 Å². The normalized spacial score (nSPS) is 11.7. The molecule has 154 valence electrons. The van der Waals surface area contributed by atoms with E-state index >= 15 is 0 Å². The number of aryl methyl sites for hydroxylation is 1. The molecular weight excluding hydrogens is 370 g/mol.